The first-order valence-electron chi connectivity index (χ1n) is 7.28. The third-order valence-electron chi connectivity index (χ3n) is 4.15. The van der Waals surface area contributed by atoms with Gasteiger partial charge in [0.05, 0.1) is 34.7 Å². The fourth-order valence-electron chi connectivity index (χ4n) is 2.99. The summed E-state index contributed by atoms with van der Waals surface area (Å²) in [7, 11) is -3.77. The number of halogens is 1. The van der Waals surface area contributed by atoms with Crippen LogP contribution in [0.2, 0.25) is 5.02 Å². The normalized spacial score (nSPS) is 16.6. The Balaban J connectivity index is 1.94. The maximum atomic E-state index is 13.2. The van der Waals surface area contributed by atoms with Gasteiger partial charge in [-0.2, -0.15) is 5.10 Å². The lowest BCUT2D eigenvalue weighted by molar-refractivity contribution is 0.582. The smallest absolute Gasteiger partial charge is 0.264 e. The molecule has 0 radical (unpaired) electrons. The molecule has 2 aromatic heterocycles. The second-order valence-electron chi connectivity index (χ2n) is 5.52. The molecule has 4 rings (SSSR count). The number of benzene rings is 1. The van der Waals surface area contributed by atoms with E-state index in [-0.39, 0.29) is 4.90 Å². The molecule has 0 fully saturated rings. The molecule has 6 nitrogen and oxygen atoms in total. The Morgan fingerprint density at radius 1 is 1.17 bits per heavy atom. The highest BCUT2D eigenvalue weighted by molar-refractivity contribution is 7.92. The molecular weight excluding hydrogens is 348 g/mol. The number of nitrogens with one attached hydrogen (secondary N) is 1. The topological polar surface area (TPSA) is 79.0 Å². The van der Waals surface area contributed by atoms with Gasteiger partial charge in [0.2, 0.25) is 0 Å². The largest absolute Gasteiger partial charge is 0.277 e. The molecule has 0 aliphatic carbocycles. The summed E-state index contributed by atoms with van der Waals surface area (Å²) >= 11 is 5.88. The van der Waals surface area contributed by atoms with Gasteiger partial charge in [0, 0.05) is 22.3 Å². The molecule has 8 heteroatoms. The second kappa shape index (κ2) is 5.32. The summed E-state index contributed by atoms with van der Waals surface area (Å²) in [5.74, 6) is 0. The van der Waals surface area contributed by atoms with E-state index in [0.29, 0.717) is 10.7 Å². The first kappa shape index (κ1) is 15.2. The Labute approximate surface area is 144 Å². The minimum Gasteiger partial charge on any atom is -0.277 e. The second-order valence-corrected chi connectivity index (χ2v) is 7.78. The molecule has 122 valence electrons. The lowest BCUT2D eigenvalue weighted by atomic mass is 9.98. The predicted octanol–water partition coefficient (Wildman–Crippen LogP) is 3.40. The Kier molecular flexibility index (Phi) is 3.36. The van der Waals surface area contributed by atoms with Gasteiger partial charge in [-0.1, -0.05) is 11.6 Å². The number of hydrogen-bond acceptors (Lipinski definition) is 4. The molecule has 3 heterocycles. The molecule has 1 unspecified atom stereocenters. The molecule has 3 aromatic rings. The number of fused-ring (bicyclic) bond motifs is 3. The van der Waals surface area contributed by atoms with Crippen LogP contribution in [-0.2, 0) is 10.0 Å². The van der Waals surface area contributed by atoms with Crippen molar-refractivity contribution >= 4 is 27.3 Å². The Morgan fingerprint density at radius 2 is 1.92 bits per heavy atom. The number of pyridine rings is 1. The molecule has 1 N–H and O–H groups in total. The van der Waals surface area contributed by atoms with E-state index < -0.39 is 16.1 Å². The zero-order valence-corrected chi connectivity index (χ0v) is 14.2. The summed E-state index contributed by atoms with van der Waals surface area (Å²) in [5.41, 5.74) is 2.93. The number of anilines is 1. The molecule has 0 saturated heterocycles. The molecular formula is C16H13ClN4O2S. The van der Waals surface area contributed by atoms with E-state index in [1.807, 2.05) is 6.92 Å². The van der Waals surface area contributed by atoms with E-state index in [4.69, 9.17) is 11.6 Å². The summed E-state index contributed by atoms with van der Waals surface area (Å²) in [5, 5.41) is 7.50. The lowest BCUT2D eigenvalue weighted by Gasteiger charge is -2.35. The first-order valence-corrected chi connectivity index (χ1v) is 9.09. The standard InChI is InChI=1S/C16H13ClN4O2S/c1-10-14-8-19-20-16(14)13-6-7-18-9-15(13)21(10)24(22,23)12-4-2-11(17)3-5-12/h2-10H,1H3,(H,19,20). The van der Waals surface area contributed by atoms with Gasteiger partial charge in [0.1, 0.15) is 0 Å². The maximum absolute atomic E-state index is 13.2. The van der Waals surface area contributed by atoms with Crippen molar-refractivity contribution in [3.05, 3.63) is 59.5 Å². The lowest BCUT2D eigenvalue weighted by Crippen LogP contribution is -2.36. The molecule has 0 saturated carbocycles. The highest BCUT2D eigenvalue weighted by Crippen LogP contribution is 2.45. The number of nitrogens with zero attached hydrogens (tertiary/aromatic N) is 3. The summed E-state index contributed by atoms with van der Waals surface area (Å²) < 4.78 is 27.8. The average Bonchev–Trinajstić information content (AvgIpc) is 3.06. The summed E-state index contributed by atoms with van der Waals surface area (Å²) in [6, 6.07) is 7.52. The zero-order chi connectivity index (χ0) is 16.9. The predicted molar refractivity (Wildman–Crippen MR) is 91.4 cm³/mol. The van der Waals surface area contributed by atoms with E-state index in [1.165, 1.54) is 16.4 Å². The summed E-state index contributed by atoms with van der Waals surface area (Å²) in [4.78, 5) is 4.28. The van der Waals surface area contributed by atoms with Crippen molar-refractivity contribution in [1.29, 1.82) is 0 Å². The van der Waals surface area contributed by atoms with Gasteiger partial charge in [-0.3, -0.25) is 14.4 Å². The van der Waals surface area contributed by atoms with Crippen molar-refractivity contribution in [2.45, 2.75) is 17.9 Å². The minimum atomic E-state index is -3.77. The average molecular weight is 361 g/mol. The number of sulfonamides is 1. The maximum Gasteiger partial charge on any atom is 0.264 e. The van der Waals surface area contributed by atoms with Gasteiger partial charge in [0.25, 0.3) is 10.0 Å². The molecule has 1 aromatic carbocycles. The van der Waals surface area contributed by atoms with Crippen LogP contribution < -0.4 is 4.31 Å². The molecule has 0 amide bonds. The van der Waals surface area contributed by atoms with Crippen molar-refractivity contribution in [1.82, 2.24) is 15.2 Å². The van der Waals surface area contributed by atoms with Crippen molar-refractivity contribution < 1.29 is 8.42 Å². The molecule has 1 aliphatic heterocycles. The molecule has 24 heavy (non-hydrogen) atoms. The van der Waals surface area contributed by atoms with Crippen LogP contribution >= 0.6 is 11.6 Å². The van der Waals surface area contributed by atoms with Gasteiger partial charge < -0.3 is 0 Å². The highest BCUT2D eigenvalue weighted by atomic mass is 35.5. The van der Waals surface area contributed by atoms with E-state index >= 15 is 0 Å². The van der Waals surface area contributed by atoms with Crippen LogP contribution in [0.4, 0.5) is 5.69 Å². The highest BCUT2D eigenvalue weighted by Gasteiger charge is 2.37. The first-order chi connectivity index (χ1) is 11.5. The fourth-order valence-corrected chi connectivity index (χ4v) is 4.76. The Morgan fingerprint density at radius 3 is 2.67 bits per heavy atom. The van der Waals surface area contributed by atoms with Gasteiger partial charge in [0.15, 0.2) is 0 Å². The van der Waals surface area contributed by atoms with Crippen molar-refractivity contribution in [2.24, 2.45) is 0 Å². The SMILES string of the molecule is CC1c2cn[nH]c2-c2ccncc2N1S(=O)(=O)c1ccc(Cl)cc1. The van der Waals surface area contributed by atoms with Gasteiger partial charge >= 0.3 is 0 Å². The van der Waals surface area contributed by atoms with E-state index in [1.54, 1.807) is 36.8 Å². The minimum absolute atomic E-state index is 0.181. The van der Waals surface area contributed by atoms with Crippen LogP contribution in [0.25, 0.3) is 11.3 Å². The quantitative estimate of drug-likeness (QED) is 0.759. The molecule has 0 spiro atoms. The van der Waals surface area contributed by atoms with E-state index in [2.05, 4.69) is 15.2 Å². The van der Waals surface area contributed by atoms with Crippen molar-refractivity contribution in [3.8, 4) is 11.3 Å². The van der Waals surface area contributed by atoms with Gasteiger partial charge in [-0.05, 0) is 37.3 Å². The van der Waals surface area contributed by atoms with Crippen LogP contribution in [0.15, 0.2) is 53.8 Å². The third-order valence-corrected chi connectivity index (χ3v) is 6.30. The van der Waals surface area contributed by atoms with Gasteiger partial charge in [-0.25, -0.2) is 8.42 Å². The van der Waals surface area contributed by atoms with Crippen LogP contribution in [-0.4, -0.2) is 23.6 Å². The fraction of sp³-hybridized carbons (Fsp3) is 0.125. The van der Waals surface area contributed by atoms with Crippen LogP contribution in [0.5, 0.6) is 0 Å². The Hall–Kier alpha value is -2.38. The Bertz CT molecular complexity index is 1010. The van der Waals surface area contributed by atoms with Gasteiger partial charge in [-0.15, -0.1) is 0 Å². The third kappa shape index (κ3) is 2.12. The molecule has 1 aliphatic rings. The summed E-state index contributed by atoms with van der Waals surface area (Å²) in [6.45, 7) is 1.83. The monoisotopic (exact) mass is 360 g/mol. The van der Waals surface area contributed by atoms with Crippen LogP contribution in [0.3, 0.4) is 0 Å². The zero-order valence-electron chi connectivity index (χ0n) is 12.6. The number of rotatable bonds is 2. The number of aromatic nitrogens is 3. The van der Waals surface area contributed by atoms with Crippen LogP contribution in [0.1, 0.15) is 18.5 Å². The number of hydrogen-bond donors (Lipinski definition) is 1. The number of H-pyrrole nitrogens is 1. The van der Waals surface area contributed by atoms with E-state index in [0.717, 1.165) is 16.8 Å². The van der Waals surface area contributed by atoms with Crippen LogP contribution in [0, 0.1) is 0 Å². The van der Waals surface area contributed by atoms with E-state index in [9.17, 15) is 8.42 Å². The van der Waals surface area contributed by atoms with Crippen molar-refractivity contribution in [2.75, 3.05) is 4.31 Å². The number of aromatic amines is 1. The molecule has 0 bridgehead atoms. The summed E-state index contributed by atoms with van der Waals surface area (Å²) in [6.07, 6.45) is 4.85. The van der Waals surface area contributed by atoms with Crippen molar-refractivity contribution in [3.63, 3.8) is 0 Å². The molecule has 1 atom stereocenters.